The van der Waals surface area contributed by atoms with Gasteiger partial charge in [-0.15, -0.1) is 0 Å². The van der Waals surface area contributed by atoms with E-state index in [4.69, 9.17) is 0 Å². The molecule has 0 amide bonds. The van der Waals surface area contributed by atoms with Crippen LogP contribution in [0.2, 0.25) is 0 Å². The minimum Gasteiger partial charge on any atom is -0.304 e. The molecule has 0 aliphatic carbocycles. The molecule has 102 valence electrons. The number of unbranched alkanes of at least 4 members (excludes halogenated alkanes) is 7. The molecule has 0 aromatic heterocycles. The highest BCUT2D eigenvalue weighted by molar-refractivity contribution is 5.48. The largest absolute Gasteiger partial charge is 0.304 e. The summed E-state index contributed by atoms with van der Waals surface area (Å²) >= 11 is 0. The van der Waals surface area contributed by atoms with Crippen molar-refractivity contribution in [3.63, 3.8) is 0 Å². The summed E-state index contributed by atoms with van der Waals surface area (Å²) in [5, 5.41) is 0. The van der Waals surface area contributed by atoms with E-state index in [1.807, 2.05) is 0 Å². The van der Waals surface area contributed by atoms with Gasteiger partial charge >= 0.3 is 0 Å². The second kappa shape index (κ2) is 13.7. The van der Waals surface area contributed by atoms with E-state index in [1.165, 1.54) is 51.5 Å². The van der Waals surface area contributed by atoms with Crippen molar-refractivity contribution in [1.82, 2.24) is 4.90 Å². The summed E-state index contributed by atoms with van der Waals surface area (Å²) in [6.07, 6.45) is 12.4. The van der Waals surface area contributed by atoms with Crippen LogP contribution in [0.5, 0.6) is 0 Å². The molecule has 0 saturated carbocycles. The van der Waals surface area contributed by atoms with Crippen LogP contribution in [0.4, 0.5) is 0 Å². The van der Waals surface area contributed by atoms with Crippen molar-refractivity contribution in [1.29, 1.82) is 0 Å². The smallest absolute Gasteiger partial charge is 0.120 e. The lowest BCUT2D eigenvalue weighted by Gasteiger charge is -2.19. The zero-order valence-electron chi connectivity index (χ0n) is 11.9. The zero-order valence-corrected chi connectivity index (χ0v) is 11.9. The second-order valence-electron chi connectivity index (χ2n) is 4.86. The molecule has 0 radical (unpaired) electrons. The molecule has 2 heteroatoms. The molecule has 0 aliphatic rings. The summed E-state index contributed by atoms with van der Waals surface area (Å²) in [6, 6.07) is 0. The first-order chi connectivity index (χ1) is 8.35. The minimum atomic E-state index is 0.716. The molecule has 0 atom stereocenters. The summed E-state index contributed by atoms with van der Waals surface area (Å²) in [5.74, 6) is 0. The molecule has 0 heterocycles. The van der Waals surface area contributed by atoms with Crippen LogP contribution in [0.15, 0.2) is 0 Å². The van der Waals surface area contributed by atoms with Gasteiger partial charge in [0.05, 0.1) is 0 Å². The van der Waals surface area contributed by atoms with Gasteiger partial charge in [0.25, 0.3) is 0 Å². The van der Waals surface area contributed by atoms with Crippen LogP contribution in [0.1, 0.15) is 71.6 Å². The van der Waals surface area contributed by atoms with Crippen LogP contribution in [0.25, 0.3) is 0 Å². The van der Waals surface area contributed by atoms with Crippen molar-refractivity contribution < 1.29 is 4.79 Å². The fourth-order valence-corrected chi connectivity index (χ4v) is 2.12. The molecular weight excluding hydrogens is 210 g/mol. The average molecular weight is 241 g/mol. The van der Waals surface area contributed by atoms with Gasteiger partial charge in [-0.25, -0.2) is 0 Å². The van der Waals surface area contributed by atoms with Crippen molar-refractivity contribution in [3.05, 3.63) is 0 Å². The van der Waals surface area contributed by atoms with Crippen LogP contribution in [0, 0.1) is 0 Å². The molecular formula is C15H31NO. The highest BCUT2D eigenvalue weighted by Gasteiger charge is 2.01. The van der Waals surface area contributed by atoms with Gasteiger partial charge in [0.1, 0.15) is 6.29 Å². The van der Waals surface area contributed by atoms with Gasteiger partial charge in [0.2, 0.25) is 0 Å². The second-order valence-corrected chi connectivity index (χ2v) is 4.86. The molecule has 0 bridgehead atoms. The predicted molar refractivity (Wildman–Crippen MR) is 75.4 cm³/mol. The summed E-state index contributed by atoms with van der Waals surface area (Å²) in [5.41, 5.74) is 0. The maximum atomic E-state index is 10.2. The Hall–Kier alpha value is -0.370. The molecule has 0 unspecified atom stereocenters. The van der Waals surface area contributed by atoms with E-state index in [9.17, 15) is 4.79 Å². The van der Waals surface area contributed by atoms with Gasteiger partial charge in [-0.05, 0) is 32.5 Å². The molecule has 0 saturated heterocycles. The molecule has 0 aliphatic heterocycles. The fraction of sp³-hybridized carbons (Fsp3) is 0.933. The van der Waals surface area contributed by atoms with Crippen molar-refractivity contribution in [3.8, 4) is 0 Å². The van der Waals surface area contributed by atoms with Gasteiger partial charge < -0.3 is 9.69 Å². The Morgan fingerprint density at radius 3 is 2.00 bits per heavy atom. The highest BCUT2D eigenvalue weighted by atomic mass is 16.1. The first kappa shape index (κ1) is 16.6. The minimum absolute atomic E-state index is 0.716. The standard InChI is InChI=1S/C15H31NO/c1-3-5-6-7-8-9-10-13-16(4-2)14-11-12-15-17/h15H,3-14H2,1-2H3. The first-order valence-corrected chi connectivity index (χ1v) is 7.51. The monoisotopic (exact) mass is 241 g/mol. The normalized spacial score (nSPS) is 11.0. The van der Waals surface area contributed by atoms with E-state index in [0.29, 0.717) is 6.42 Å². The average Bonchev–Trinajstić information content (AvgIpc) is 2.35. The number of rotatable bonds is 13. The number of nitrogens with zero attached hydrogens (tertiary/aromatic N) is 1. The predicted octanol–water partition coefficient (Wildman–Crippen LogP) is 4.04. The van der Waals surface area contributed by atoms with Gasteiger partial charge in [-0.2, -0.15) is 0 Å². The van der Waals surface area contributed by atoms with Crippen LogP contribution in [0.3, 0.4) is 0 Å². The van der Waals surface area contributed by atoms with Gasteiger partial charge in [-0.3, -0.25) is 0 Å². The molecule has 0 spiro atoms. The topological polar surface area (TPSA) is 20.3 Å². The Labute approximate surface area is 108 Å². The van der Waals surface area contributed by atoms with E-state index in [2.05, 4.69) is 18.7 Å². The number of carbonyl (C=O) groups is 1. The number of hydrogen-bond acceptors (Lipinski definition) is 2. The van der Waals surface area contributed by atoms with Crippen LogP contribution in [-0.2, 0) is 4.79 Å². The quantitative estimate of drug-likeness (QED) is 0.358. The van der Waals surface area contributed by atoms with Gasteiger partial charge in [0, 0.05) is 6.42 Å². The van der Waals surface area contributed by atoms with Crippen molar-refractivity contribution in [2.45, 2.75) is 71.6 Å². The molecule has 17 heavy (non-hydrogen) atoms. The summed E-state index contributed by atoms with van der Waals surface area (Å²) in [7, 11) is 0. The summed E-state index contributed by atoms with van der Waals surface area (Å²) in [4.78, 5) is 12.7. The van der Waals surface area contributed by atoms with Gasteiger partial charge in [-0.1, -0.05) is 52.4 Å². The highest BCUT2D eigenvalue weighted by Crippen LogP contribution is 2.07. The van der Waals surface area contributed by atoms with E-state index in [0.717, 1.165) is 25.8 Å². The zero-order chi connectivity index (χ0) is 12.8. The van der Waals surface area contributed by atoms with Crippen LogP contribution in [-0.4, -0.2) is 30.8 Å². The Balaban J connectivity index is 3.27. The Morgan fingerprint density at radius 1 is 0.824 bits per heavy atom. The van der Waals surface area contributed by atoms with E-state index in [1.54, 1.807) is 0 Å². The molecule has 0 N–H and O–H groups in total. The molecule has 0 aromatic rings. The van der Waals surface area contributed by atoms with Gasteiger partial charge in [0.15, 0.2) is 0 Å². The number of carbonyl (C=O) groups excluding carboxylic acids is 1. The molecule has 2 nitrogen and oxygen atoms in total. The third-order valence-electron chi connectivity index (χ3n) is 3.32. The van der Waals surface area contributed by atoms with E-state index < -0.39 is 0 Å². The lowest BCUT2D eigenvalue weighted by Crippen LogP contribution is -2.25. The molecule has 0 fully saturated rings. The SMILES string of the molecule is CCCCCCCCCN(CC)CCCC=O. The van der Waals surface area contributed by atoms with E-state index >= 15 is 0 Å². The Kier molecular flexibility index (Phi) is 13.4. The van der Waals surface area contributed by atoms with Crippen LogP contribution >= 0.6 is 0 Å². The lowest BCUT2D eigenvalue weighted by atomic mass is 10.1. The van der Waals surface area contributed by atoms with Crippen molar-refractivity contribution in [2.24, 2.45) is 0 Å². The first-order valence-electron chi connectivity index (χ1n) is 7.51. The third kappa shape index (κ3) is 11.9. The molecule has 0 rings (SSSR count). The Bertz CT molecular complexity index is 159. The third-order valence-corrected chi connectivity index (χ3v) is 3.32. The Morgan fingerprint density at radius 2 is 1.41 bits per heavy atom. The van der Waals surface area contributed by atoms with Crippen molar-refractivity contribution >= 4 is 6.29 Å². The van der Waals surface area contributed by atoms with E-state index in [-0.39, 0.29) is 0 Å². The van der Waals surface area contributed by atoms with Crippen LogP contribution < -0.4 is 0 Å². The number of hydrogen-bond donors (Lipinski definition) is 0. The lowest BCUT2D eigenvalue weighted by molar-refractivity contribution is -0.108. The number of aldehydes is 1. The maximum absolute atomic E-state index is 10.2. The van der Waals surface area contributed by atoms with Crippen molar-refractivity contribution in [2.75, 3.05) is 19.6 Å². The fourth-order valence-electron chi connectivity index (χ4n) is 2.12. The maximum Gasteiger partial charge on any atom is 0.120 e. The summed E-state index contributed by atoms with van der Waals surface area (Å²) in [6.45, 7) is 7.89. The summed E-state index contributed by atoms with van der Waals surface area (Å²) < 4.78 is 0. The molecule has 0 aromatic carbocycles.